The number of nitrogens with zero attached hydrogens (tertiary/aromatic N) is 3. The Hall–Kier alpha value is -3.22. The van der Waals surface area contributed by atoms with Crippen molar-refractivity contribution in [2.75, 3.05) is 26.7 Å². The number of benzene rings is 2. The molecule has 0 aliphatic carbocycles. The zero-order valence-corrected chi connectivity index (χ0v) is 21.4. The Morgan fingerprint density at radius 2 is 1.97 bits per heavy atom. The van der Waals surface area contributed by atoms with E-state index in [0.29, 0.717) is 36.6 Å². The number of carbonyl (C=O) groups is 1. The fraction of sp³-hybridized carbons (Fsp3) is 0.400. The van der Waals surface area contributed by atoms with Crippen molar-refractivity contribution in [2.45, 2.75) is 45.3 Å². The average Bonchev–Trinajstić information content (AvgIpc) is 3.33. The SMILES string of the molecule is CC[C@H](C)CN1CCC(O)(c2ccc3oc(C(=O)N(C)Cc4cccc5ncccc45)cc3c2)CC1. The highest BCUT2D eigenvalue weighted by atomic mass is 16.3. The Morgan fingerprint density at radius 1 is 1.17 bits per heavy atom. The van der Waals surface area contributed by atoms with Crippen LogP contribution in [0.3, 0.4) is 0 Å². The van der Waals surface area contributed by atoms with Crippen LogP contribution in [0.4, 0.5) is 0 Å². The first kappa shape index (κ1) is 24.5. The molecule has 3 heterocycles. The van der Waals surface area contributed by atoms with E-state index in [2.05, 4.69) is 23.7 Å². The Balaban J connectivity index is 1.31. The van der Waals surface area contributed by atoms with Crippen LogP contribution in [-0.4, -0.2) is 52.5 Å². The highest BCUT2D eigenvalue weighted by Crippen LogP contribution is 2.35. The summed E-state index contributed by atoms with van der Waals surface area (Å²) in [7, 11) is 1.78. The van der Waals surface area contributed by atoms with Crippen molar-refractivity contribution >= 4 is 27.8 Å². The van der Waals surface area contributed by atoms with Crippen LogP contribution in [-0.2, 0) is 12.1 Å². The minimum Gasteiger partial charge on any atom is -0.451 e. The van der Waals surface area contributed by atoms with Gasteiger partial charge in [0.2, 0.25) is 0 Å². The monoisotopic (exact) mass is 485 g/mol. The molecule has 6 heteroatoms. The van der Waals surface area contributed by atoms with Gasteiger partial charge < -0.3 is 19.3 Å². The van der Waals surface area contributed by atoms with Gasteiger partial charge in [0.25, 0.3) is 5.91 Å². The van der Waals surface area contributed by atoms with Gasteiger partial charge in [-0.2, -0.15) is 0 Å². The molecule has 0 spiro atoms. The van der Waals surface area contributed by atoms with Crippen LogP contribution < -0.4 is 0 Å². The lowest BCUT2D eigenvalue weighted by molar-refractivity contribution is -0.0283. The second-order valence-electron chi connectivity index (χ2n) is 10.4. The van der Waals surface area contributed by atoms with Gasteiger partial charge in [-0.25, -0.2) is 0 Å². The maximum Gasteiger partial charge on any atom is 0.289 e. The van der Waals surface area contributed by atoms with Crippen LogP contribution >= 0.6 is 0 Å². The van der Waals surface area contributed by atoms with Gasteiger partial charge in [-0.15, -0.1) is 0 Å². The van der Waals surface area contributed by atoms with Crippen molar-refractivity contribution in [3.05, 3.63) is 77.7 Å². The van der Waals surface area contributed by atoms with Crippen LogP contribution in [0.2, 0.25) is 0 Å². The van der Waals surface area contributed by atoms with E-state index in [-0.39, 0.29) is 5.91 Å². The largest absolute Gasteiger partial charge is 0.451 e. The number of aliphatic hydroxyl groups is 1. The lowest BCUT2D eigenvalue weighted by atomic mass is 9.84. The molecule has 1 N–H and O–H groups in total. The van der Waals surface area contributed by atoms with Gasteiger partial charge in [-0.1, -0.05) is 44.5 Å². The summed E-state index contributed by atoms with van der Waals surface area (Å²) >= 11 is 0. The van der Waals surface area contributed by atoms with Crippen LogP contribution in [0.1, 0.15) is 54.8 Å². The summed E-state index contributed by atoms with van der Waals surface area (Å²) in [5, 5.41) is 13.3. The Labute approximate surface area is 212 Å². The minimum atomic E-state index is -0.846. The van der Waals surface area contributed by atoms with Gasteiger partial charge in [-0.3, -0.25) is 9.78 Å². The maximum absolute atomic E-state index is 13.2. The Kier molecular flexibility index (Phi) is 6.82. The molecule has 2 aromatic carbocycles. The van der Waals surface area contributed by atoms with E-state index in [9.17, 15) is 9.90 Å². The van der Waals surface area contributed by atoms with Gasteiger partial charge in [0.1, 0.15) is 5.58 Å². The quantitative estimate of drug-likeness (QED) is 0.370. The molecule has 1 amide bonds. The molecule has 4 aromatic rings. The van der Waals surface area contributed by atoms with Crippen molar-refractivity contribution in [2.24, 2.45) is 5.92 Å². The molecule has 1 atom stereocenters. The van der Waals surface area contributed by atoms with E-state index >= 15 is 0 Å². The third-order valence-electron chi connectivity index (χ3n) is 7.70. The highest BCUT2D eigenvalue weighted by molar-refractivity contribution is 5.96. The van der Waals surface area contributed by atoms with Crippen LogP contribution in [0, 0.1) is 5.92 Å². The molecular weight excluding hydrogens is 450 g/mol. The molecule has 0 saturated carbocycles. The predicted molar refractivity (Wildman–Crippen MR) is 143 cm³/mol. The molecule has 0 bridgehead atoms. The standard InChI is InChI=1S/C30H35N3O3/c1-4-21(2)19-33-15-12-30(35,13-16-33)24-10-11-27-23(17-24)18-28(36-27)29(34)32(3)20-22-7-5-9-26-25(22)8-6-14-31-26/h5-11,14,17-18,21,35H,4,12-13,15-16,19-20H2,1-3H3/t21-/m0/s1. The first-order valence-corrected chi connectivity index (χ1v) is 12.9. The van der Waals surface area contributed by atoms with E-state index in [1.54, 1.807) is 24.2 Å². The number of fused-ring (bicyclic) bond motifs is 2. The number of likely N-dealkylation sites (tertiary alicyclic amines) is 1. The molecule has 1 aliphatic rings. The topological polar surface area (TPSA) is 69.8 Å². The molecule has 5 rings (SSSR count). The van der Waals surface area contributed by atoms with Crippen LogP contribution in [0.5, 0.6) is 0 Å². The number of hydrogen-bond acceptors (Lipinski definition) is 5. The molecule has 1 saturated heterocycles. The van der Waals surface area contributed by atoms with Crippen LogP contribution in [0.25, 0.3) is 21.9 Å². The summed E-state index contributed by atoms with van der Waals surface area (Å²) in [6, 6.07) is 17.5. The van der Waals surface area contributed by atoms with E-state index in [1.807, 2.05) is 48.5 Å². The summed E-state index contributed by atoms with van der Waals surface area (Å²) in [4.78, 5) is 21.7. The molecular formula is C30H35N3O3. The van der Waals surface area contributed by atoms with E-state index < -0.39 is 5.60 Å². The molecule has 36 heavy (non-hydrogen) atoms. The highest BCUT2D eigenvalue weighted by Gasteiger charge is 2.34. The summed E-state index contributed by atoms with van der Waals surface area (Å²) in [6.07, 6.45) is 4.37. The van der Waals surface area contributed by atoms with Gasteiger partial charge in [-0.05, 0) is 60.2 Å². The van der Waals surface area contributed by atoms with Crippen molar-refractivity contribution < 1.29 is 14.3 Å². The number of aromatic nitrogens is 1. The smallest absolute Gasteiger partial charge is 0.289 e. The number of piperidine rings is 1. The number of amides is 1. The lowest BCUT2D eigenvalue weighted by Gasteiger charge is -2.39. The second-order valence-corrected chi connectivity index (χ2v) is 10.4. The Bertz CT molecular complexity index is 1370. The maximum atomic E-state index is 13.2. The molecule has 0 radical (unpaired) electrons. The van der Waals surface area contributed by atoms with Crippen molar-refractivity contribution in [1.29, 1.82) is 0 Å². The number of carbonyl (C=O) groups excluding carboxylic acids is 1. The van der Waals surface area contributed by atoms with E-state index in [1.165, 1.54) is 6.42 Å². The third-order valence-corrected chi connectivity index (χ3v) is 7.70. The van der Waals surface area contributed by atoms with Crippen LogP contribution in [0.15, 0.2) is 65.2 Å². The number of pyridine rings is 1. The lowest BCUT2D eigenvalue weighted by Crippen LogP contribution is -2.43. The molecule has 2 aromatic heterocycles. The molecule has 0 unspecified atom stereocenters. The average molecular weight is 486 g/mol. The Morgan fingerprint density at radius 3 is 2.75 bits per heavy atom. The summed E-state index contributed by atoms with van der Waals surface area (Å²) in [5.74, 6) is 0.800. The van der Waals surface area contributed by atoms with Gasteiger partial charge in [0.15, 0.2) is 5.76 Å². The third kappa shape index (κ3) is 4.88. The zero-order valence-electron chi connectivity index (χ0n) is 21.4. The predicted octanol–water partition coefficient (Wildman–Crippen LogP) is 5.58. The second kappa shape index (κ2) is 10.0. The van der Waals surface area contributed by atoms with E-state index in [4.69, 9.17) is 4.42 Å². The van der Waals surface area contributed by atoms with E-state index in [0.717, 1.165) is 47.1 Å². The van der Waals surface area contributed by atoms with Crippen molar-refractivity contribution in [3.63, 3.8) is 0 Å². The van der Waals surface area contributed by atoms with Gasteiger partial charge >= 0.3 is 0 Å². The summed E-state index contributed by atoms with van der Waals surface area (Å²) in [6.45, 7) is 7.83. The number of furan rings is 1. The minimum absolute atomic E-state index is 0.175. The first-order chi connectivity index (χ1) is 17.4. The fourth-order valence-corrected chi connectivity index (χ4v) is 5.22. The summed E-state index contributed by atoms with van der Waals surface area (Å²) < 4.78 is 5.93. The molecule has 1 aliphatic heterocycles. The first-order valence-electron chi connectivity index (χ1n) is 12.9. The summed E-state index contributed by atoms with van der Waals surface area (Å²) in [5.41, 5.74) is 2.66. The van der Waals surface area contributed by atoms with Crippen molar-refractivity contribution in [3.8, 4) is 0 Å². The van der Waals surface area contributed by atoms with Crippen molar-refractivity contribution in [1.82, 2.24) is 14.8 Å². The number of rotatable bonds is 7. The fourth-order valence-electron chi connectivity index (χ4n) is 5.22. The molecule has 1 fully saturated rings. The normalized spacial score (nSPS) is 16.9. The van der Waals surface area contributed by atoms with Gasteiger partial charge in [0, 0.05) is 50.2 Å². The van der Waals surface area contributed by atoms with Gasteiger partial charge in [0.05, 0.1) is 11.1 Å². The molecule has 6 nitrogen and oxygen atoms in total. The molecule has 188 valence electrons. The number of hydrogen-bond donors (Lipinski definition) is 1. The zero-order chi connectivity index (χ0) is 25.3.